The molecule has 1 aromatic rings. The number of morpholine rings is 1. The van der Waals surface area contributed by atoms with Crippen molar-refractivity contribution in [3.63, 3.8) is 0 Å². The van der Waals surface area contributed by atoms with Gasteiger partial charge >= 0.3 is 0 Å². The standard InChI is InChI=1S/C17H22N4O4/c18-10-13-1-2-15(16(9-13)21(22)23)19-11-17(14-3-6-25-12-14)20-4-7-24-8-5-20/h1-2,9,14,17,19H,3-8,11-12H2/t14-,17-/m1/s1. The van der Waals surface area contributed by atoms with Crippen molar-refractivity contribution in [2.75, 3.05) is 51.4 Å². The minimum atomic E-state index is -0.453. The van der Waals surface area contributed by atoms with E-state index in [1.807, 2.05) is 6.07 Å². The van der Waals surface area contributed by atoms with Gasteiger partial charge in [-0.1, -0.05) is 0 Å². The lowest BCUT2D eigenvalue weighted by atomic mass is 9.96. The highest BCUT2D eigenvalue weighted by Crippen LogP contribution is 2.27. The van der Waals surface area contributed by atoms with Gasteiger partial charge < -0.3 is 14.8 Å². The van der Waals surface area contributed by atoms with Gasteiger partial charge in [-0.3, -0.25) is 15.0 Å². The topological polar surface area (TPSA) is 101 Å². The molecular formula is C17H22N4O4. The molecule has 8 heteroatoms. The highest BCUT2D eigenvalue weighted by atomic mass is 16.6. The summed E-state index contributed by atoms with van der Waals surface area (Å²) in [7, 11) is 0. The van der Waals surface area contributed by atoms with Crippen LogP contribution in [0.4, 0.5) is 11.4 Å². The van der Waals surface area contributed by atoms with Gasteiger partial charge in [0.15, 0.2) is 0 Å². The molecule has 2 atom stereocenters. The fourth-order valence-electron chi connectivity index (χ4n) is 3.48. The Bertz CT molecular complexity index is 649. The first kappa shape index (κ1) is 17.6. The lowest BCUT2D eigenvalue weighted by Crippen LogP contribution is -2.50. The smallest absolute Gasteiger partial charge is 0.293 e. The van der Waals surface area contributed by atoms with E-state index in [0.29, 0.717) is 31.4 Å². The zero-order valence-corrected chi connectivity index (χ0v) is 14.0. The molecule has 0 bridgehead atoms. The molecule has 0 radical (unpaired) electrons. The van der Waals surface area contributed by atoms with Gasteiger partial charge in [-0.25, -0.2) is 0 Å². The van der Waals surface area contributed by atoms with Crippen LogP contribution in [0.2, 0.25) is 0 Å². The lowest BCUT2D eigenvalue weighted by Gasteiger charge is -2.37. The number of hydrogen-bond acceptors (Lipinski definition) is 7. The summed E-state index contributed by atoms with van der Waals surface area (Å²) in [6.07, 6.45) is 0.999. The Kier molecular flexibility index (Phi) is 5.81. The molecule has 134 valence electrons. The number of benzene rings is 1. The molecule has 0 aliphatic carbocycles. The summed E-state index contributed by atoms with van der Waals surface area (Å²) in [6, 6.07) is 6.69. The van der Waals surface area contributed by atoms with Gasteiger partial charge in [0.1, 0.15) is 5.69 Å². The SMILES string of the molecule is N#Cc1ccc(NC[C@H]([C@@H]2CCOC2)N2CCOCC2)c([N+](=O)[O-])c1. The molecule has 0 unspecified atom stereocenters. The normalized spacial score (nSPS) is 22.3. The van der Waals surface area contributed by atoms with E-state index in [1.54, 1.807) is 12.1 Å². The van der Waals surface area contributed by atoms with Gasteiger partial charge in [0.05, 0.1) is 36.4 Å². The minimum Gasteiger partial charge on any atom is -0.381 e. The van der Waals surface area contributed by atoms with Crippen molar-refractivity contribution in [3.05, 3.63) is 33.9 Å². The van der Waals surface area contributed by atoms with Crippen molar-refractivity contribution < 1.29 is 14.4 Å². The number of nitro groups is 1. The number of rotatable bonds is 6. The van der Waals surface area contributed by atoms with Gasteiger partial charge in [0.25, 0.3) is 5.69 Å². The van der Waals surface area contributed by atoms with Crippen LogP contribution >= 0.6 is 0 Å². The summed E-state index contributed by atoms with van der Waals surface area (Å²) in [4.78, 5) is 13.2. The Morgan fingerprint density at radius 3 is 2.80 bits per heavy atom. The second-order valence-corrected chi connectivity index (χ2v) is 6.32. The first-order valence-corrected chi connectivity index (χ1v) is 8.51. The van der Waals surface area contributed by atoms with Crippen molar-refractivity contribution >= 4 is 11.4 Å². The van der Waals surface area contributed by atoms with Gasteiger partial charge in [-0.15, -0.1) is 0 Å². The second-order valence-electron chi connectivity index (χ2n) is 6.32. The van der Waals surface area contributed by atoms with Crippen LogP contribution in [0.1, 0.15) is 12.0 Å². The number of nitriles is 1. The van der Waals surface area contributed by atoms with E-state index in [4.69, 9.17) is 14.7 Å². The Balaban J connectivity index is 1.74. The lowest BCUT2D eigenvalue weighted by molar-refractivity contribution is -0.384. The third-order valence-electron chi connectivity index (χ3n) is 4.85. The zero-order chi connectivity index (χ0) is 17.6. The number of nitro benzene ring substituents is 1. The minimum absolute atomic E-state index is 0.0672. The molecule has 2 heterocycles. The summed E-state index contributed by atoms with van der Waals surface area (Å²) >= 11 is 0. The number of ether oxygens (including phenoxy) is 2. The number of anilines is 1. The van der Waals surface area contributed by atoms with Crippen LogP contribution in [0.5, 0.6) is 0 Å². The van der Waals surface area contributed by atoms with Crippen molar-refractivity contribution in [3.8, 4) is 6.07 Å². The van der Waals surface area contributed by atoms with E-state index >= 15 is 0 Å². The second kappa shape index (κ2) is 8.25. The first-order chi connectivity index (χ1) is 12.2. The van der Waals surface area contributed by atoms with Crippen LogP contribution in [-0.2, 0) is 9.47 Å². The average molecular weight is 346 g/mol. The zero-order valence-electron chi connectivity index (χ0n) is 14.0. The maximum Gasteiger partial charge on any atom is 0.293 e. The monoisotopic (exact) mass is 346 g/mol. The first-order valence-electron chi connectivity index (χ1n) is 8.51. The van der Waals surface area contributed by atoms with E-state index in [-0.39, 0.29) is 17.3 Å². The van der Waals surface area contributed by atoms with Crippen LogP contribution in [-0.4, -0.2) is 61.9 Å². The Labute approximate surface area is 146 Å². The molecular weight excluding hydrogens is 324 g/mol. The fourth-order valence-corrected chi connectivity index (χ4v) is 3.48. The van der Waals surface area contributed by atoms with Crippen molar-refractivity contribution in [1.29, 1.82) is 5.26 Å². The molecule has 0 amide bonds. The van der Waals surface area contributed by atoms with Crippen LogP contribution in [0.15, 0.2) is 18.2 Å². The Morgan fingerprint density at radius 2 is 2.16 bits per heavy atom. The van der Waals surface area contributed by atoms with Gasteiger partial charge in [-0.05, 0) is 18.6 Å². The van der Waals surface area contributed by atoms with E-state index in [0.717, 1.165) is 32.7 Å². The van der Waals surface area contributed by atoms with E-state index < -0.39 is 4.92 Å². The van der Waals surface area contributed by atoms with E-state index in [2.05, 4.69) is 10.2 Å². The van der Waals surface area contributed by atoms with Crippen LogP contribution in [0.3, 0.4) is 0 Å². The molecule has 2 fully saturated rings. The fraction of sp³-hybridized carbons (Fsp3) is 0.588. The molecule has 0 aromatic heterocycles. The summed E-state index contributed by atoms with van der Waals surface area (Å²) in [5.41, 5.74) is 0.662. The molecule has 8 nitrogen and oxygen atoms in total. The maximum absolute atomic E-state index is 11.3. The van der Waals surface area contributed by atoms with E-state index in [9.17, 15) is 10.1 Å². The third kappa shape index (κ3) is 4.25. The summed E-state index contributed by atoms with van der Waals surface area (Å²) < 4.78 is 11.0. The summed E-state index contributed by atoms with van der Waals surface area (Å²) in [5, 5.41) is 23.5. The molecule has 0 spiro atoms. The Morgan fingerprint density at radius 1 is 1.36 bits per heavy atom. The molecule has 0 saturated carbocycles. The quantitative estimate of drug-likeness (QED) is 0.617. The number of nitrogens with one attached hydrogen (secondary N) is 1. The third-order valence-corrected chi connectivity index (χ3v) is 4.85. The largest absolute Gasteiger partial charge is 0.381 e. The number of nitrogens with zero attached hydrogens (tertiary/aromatic N) is 3. The predicted octanol–water partition coefficient (Wildman–Crippen LogP) is 1.62. The Hall–Kier alpha value is -2.21. The average Bonchev–Trinajstić information content (AvgIpc) is 3.17. The summed E-state index contributed by atoms with van der Waals surface area (Å²) in [6.45, 7) is 5.22. The maximum atomic E-state index is 11.3. The summed E-state index contributed by atoms with van der Waals surface area (Å²) in [5.74, 6) is 0.406. The molecule has 2 aliphatic heterocycles. The van der Waals surface area contributed by atoms with Gasteiger partial charge in [0.2, 0.25) is 0 Å². The van der Waals surface area contributed by atoms with Crippen molar-refractivity contribution in [1.82, 2.24) is 4.90 Å². The van der Waals surface area contributed by atoms with Gasteiger partial charge in [-0.2, -0.15) is 5.26 Å². The molecule has 1 aromatic carbocycles. The van der Waals surface area contributed by atoms with Crippen LogP contribution in [0.25, 0.3) is 0 Å². The molecule has 2 saturated heterocycles. The predicted molar refractivity (Wildman–Crippen MR) is 91.4 cm³/mol. The molecule has 1 N–H and O–H groups in total. The molecule has 25 heavy (non-hydrogen) atoms. The molecule has 2 aliphatic rings. The highest BCUT2D eigenvalue weighted by Gasteiger charge is 2.31. The number of hydrogen-bond donors (Lipinski definition) is 1. The van der Waals surface area contributed by atoms with Gasteiger partial charge in [0, 0.05) is 44.3 Å². The van der Waals surface area contributed by atoms with Crippen LogP contribution in [0, 0.1) is 27.4 Å². The molecule has 3 rings (SSSR count). The van der Waals surface area contributed by atoms with Crippen molar-refractivity contribution in [2.24, 2.45) is 5.92 Å². The van der Waals surface area contributed by atoms with Crippen molar-refractivity contribution in [2.45, 2.75) is 12.5 Å². The van der Waals surface area contributed by atoms with E-state index in [1.165, 1.54) is 6.07 Å². The highest BCUT2D eigenvalue weighted by molar-refractivity contribution is 5.64. The van der Waals surface area contributed by atoms with Crippen LogP contribution < -0.4 is 5.32 Å².